The van der Waals surface area contributed by atoms with Gasteiger partial charge in [-0.1, -0.05) is 0 Å². The maximum Gasteiger partial charge on any atom is 0.180 e. The Morgan fingerprint density at radius 2 is 2.08 bits per heavy atom. The first-order chi connectivity index (χ1) is 11.7. The molecule has 24 heavy (non-hydrogen) atoms. The van der Waals surface area contributed by atoms with E-state index in [2.05, 4.69) is 4.98 Å². The third-order valence-corrected chi connectivity index (χ3v) is 3.61. The summed E-state index contributed by atoms with van der Waals surface area (Å²) < 4.78 is 13.1. The van der Waals surface area contributed by atoms with Gasteiger partial charge in [-0.05, 0) is 37.3 Å². The van der Waals surface area contributed by atoms with E-state index in [1.165, 1.54) is 0 Å². The van der Waals surface area contributed by atoms with Crippen LogP contribution in [0.25, 0.3) is 16.9 Å². The quantitative estimate of drug-likeness (QED) is 0.515. The molecule has 0 amide bonds. The second kappa shape index (κ2) is 7.23. The van der Waals surface area contributed by atoms with Crippen molar-refractivity contribution in [1.29, 1.82) is 0 Å². The van der Waals surface area contributed by atoms with Crippen LogP contribution in [0.4, 0.5) is 5.69 Å². The second-order valence-electron chi connectivity index (χ2n) is 5.34. The number of fused-ring (bicyclic) bond motifs is 1. The van der Waals surface area contributed by atoms with Crippen molar-refractivity contribution in [2.24, 2.45) is 0 Å². The summed E-state index contributed by atoms with van der Waals surface area (Å²) in [6, 6.07) is 9.43. The Bertz CT molecular complexity index is 829. The highest BCUT2D eigenvalue weighted by molar-refractivity contribution is 5.71. The summed E-state index contributed by atoms with van der Waals surface area (Å²) in [5.74, 6) is 1.37. The number of rotatable bonds is 7. The summed E-state index contributed by atoms with van der Waals surface area (Å²) in [6.45, 7) is 3.06. The predicted octanol–water partition coefficient (Wildman–Crippen LogP) is 2.74. The smallest absolute Gasteiger partial charge is 0.180 e. The molecule has 0 fully saturated rings. The van der Waals surface area contributed by atoms with E-state index in [1.54, 1.807) is 0 Å². The van der Waals surface area contributed by atoms with E-state index in [1.807, 2.05) is 54.0 Å². The fraction of sp³-hybridized carbons (Fsp3) is 0.278. The average Bonchev–Trinajstić information content (AvgIpc) is 3.02. The second-order valence-corrected chi connectivity index (χ2v) is 5.34. The van der Waals surface area contributed by atoms with Gasteiger partial charge in [0.05, 0.1) is 24.6 Å². The molecule has 0 aliphatic rings. The van der Waals surface area contributed by atoms with Crippen LogP contribution in [0.3, 0.4) is 0 Å². The Labute approximate surface area is 140 Å². The van der Waals surface area contributed by atoms with Crippen LogP contribution in [0.1, 0.15) is 13.3 Å². The minimum atomic E-state index is 0.105. The van der Waals surface area contributed by atoms with E-state index in [-0.39, 0.29) is 6.61 Å². The van der Waals surface area contributed by atoms with E-state index in [0.29, 0.717) is 36.8 Å². The van der Waals surface area contributed by atoms with Crippen LogP contribution in [-0.4, -0.2) is 34.3 Å². The van der Waals surface area contributed by atoms with Gasteiger partial charge in [0.1, 0.15) is 5.75 Å². The Balaban J connectivity index is 1.93. The Morgan fingerprint density at radius 3 is 2.83 bits per heavy atom. The van der Waals surface area contributed by atoms with Gasteiger partial charge in [-0.25, -0.2) is 4.98 Å². The van der Waals surface area contributed by atoms with Crippen molar-refractivity contribution in [1.82, 2.24) is 9.38 Å². The lowest BCUT2D eigenvalue weighted by molar-refractivity contribution is 0.234. The number of hydrogen-bond donors (Lipinski definition) is 2. The van der Waals surface area contributed by atoms with Gasteiger partial charge in [0.25, 0.3) is 0 Å². The molecule has 0 radical (unpaired) electrons. The maximum absolute atomic E-state index is 8.87. The molecule has 6 nitrogen and oxygen atoms in total. The lowest BCUT2D eigenvalue weighted by Crippen LogP contribution is -2.01. The molecule has 3 rings (SSSR count). The number of anilines is 1. The summed E-state index contributed by atoms with van der Waals surface area (Å²) >= 11 is 0. The lowest BCUT2D eigenvalue weighted by Gasteiger charge is -2.07. The van der Waals surface area contributed by atoms with Crippen molar-refractivity contribution in [3.63, 3.8) is 0 Å². The van der Waals surface area contributed by atoms with Gasteiger partial charge < -0.3 is 24.7 Å². The number of imidazole rings is 1. The zero-order chi connectivity index (χ0) is 16.9. The third-order valence-electron chi connectivity index (χ3n) is 3.61. The van der Waals surface area contributed by atoms with E-state index in [4.69, 9.17) is 20.3 Å². The molecule has 2 aromatic heterocycles. The molecule has 0 spiro atoms. The number of aromatic nitrogens is 2. The first-order valence-corrected chi connectivity index (χ1v) is 7.97. The van der Waals surface area contributed by atoms with Crippen LogP contribution in [-0.2, 0) is 0 Å². The Morgan fingerprint density at radius 1 is 1.21 bits per heavy atom. The fourth-order valence-corrected chi connectivity index (χ4v) is 2.48. The van der Waals surface area contributed by atoms with Gasteiger partial charge in [0, 0.05) is 31.0 Å². The standard InChI is InChI=1S/C18H21N3O3/c1-2-23-16-7-6-13(11-14(16)19)15-12-21-8-3-5-17(18(21)20-15)24-10-4-9-22/h3,5-8,11-12,22H,2,4,9-10,19H2,1H3. The van der Waals surface area contributed by atoms with Crippen LogP contribution in [0.15, 0.2) is 42.7 Å². The summed E-state index contributed by atoms with van der Waals surface area (Å²) in [7, 11) is 0. The zero-order valence-electron chi connectivity index (χ0n) is 13.6. The number of nitrogen functional groups attached to an aromatic ring is 1. The van der Waals surface area contributed by atoms with E-state index < -0.39 is 0 Å². The monoisotopic (exact) mass is 327 g/mol. The summed E-state index contributed by atoms with van der Waals surface area (Å²) in [5, 5.41) is 8.87. The number of aliphatic hydroxyl groups excluding tert-OH is 1. The first kappa shape index (κ1) is 16.1. The number of hydrogen-bond acceptors (Lipinski definition) is 5. The normalized spacial score (nSPS) is 10.9. The first-order valence-electron chi connectivity index (χ1n) is 7.97. The maximum atomic E-state index is 8.87. The molecular formula is C18H21N3O3. The molecular weight excluding hydrogens is 306 g/mol. The fourth-order valence-electron chi connectivity index (χ4n) is 2.48. The van der Waals surface area contributed by atoms with Crippen LogP contribution in [0.2, 0.25) is 0 Å². The van der Waals surface area contributed by atoms with Gasteiger partial charge >= 0.3 is 0 Å². The Kier molecular flexibility index (Phi) is 4.86. The van der Waals surface area contributed by atoms with Crippen molar-refractivity contribution < 1.29 is 14.6 Å². The third kappa shape index (κ3) is 3.28. The molecule has 2 heterocycles. The largest absolute Gasteiger partial charge is 0.492 e. The summed E-state index contributed by atoms with van der Waals surface area (Å²) in [6.07, 6.45) is 4.44. The van der Waals surface area contributed by atoms with Crippen molar-refractivity contribution in [3.05, 3.63) is 42.7 Å². The molecule has 0 unspecified atom stereocenters. The van der Waals surface area contributed by atoms with Gasteiger partial charge in [-0.3, -0.25) is 0 Å². The highest BCUT2D eigenvalue weighted by Gasteiger charge is 2.10. The number of benzene rings is 1. The zero-order valence-corrected chi connectivity index (χ0v) is 13.6. The predicted molar refractivity (Wildman–Crippen MR) is 93.4 cm³/mol. The highest BCUT2D eigenvalue weighted by atomic mass is 16.5. The molecule has 0 bridgehead atoms. The molecule has 0 saturated carbocycles. The number of pyridine rings is 1. The topological polar surface area (TPSA) is 82.0 Å². The van der Waals surface area contributed by atoms with Gasteiger partial charge in [-0.15, -0.1) is 0 Å². The lowest BCUT2D eigenvalue weighted by atomic mass is 10.1. The number of ether oxygens (including phenoxy) is 2. The van der Waals surface area contributed by atoms with Crippen molar-refractivity contribution in [2.75, 3.05) is 25.6 Å². The van der Waals surface area contributed by atoms with Gasteiger partial charge in [0.15, 0.2) is 11.4 Å². The average molecular weight is 327 g/mol. The van der Waals surface area contributed by atoms with Gasteiger partial charge in [0.2, 0.25) is 0 Å². The molecule has 126 valence electrons. The van der Waals surface area contributed by atoms with Crippen molar-refractivity contribution >= 4 is 11.3 Å². The highest BCUT2D eigenvalue weighted by Crippen LogP contribution is 2.29. The van der Waals surface area contributed by atoms with E-state index in [9.17, 15) is 0 Å². The summed E-state index contributed by atoms with van der Waals surface area (Å²) in [5.41, 5.74) is 9.09. The number of aliphatic hydroxyl groups is 1. The molecule has 0 atom stereocenters. The molecule has 1 aromatic carbocycles. The number of nitrogens with zero attached hydrogens (tertiary/aromatic N) is 2. The minimum Gasteiger partial charge on any atom is -0.492 e. The van der Waals surface area contributed by atoms with Gasteiger partial charge in [-0.2, -0.15) is 0 Å². The molecule has 0 aliphatic carbocycles. The summed E-state index contributed by atoms with van der Waals surface area (Å²) in [4.78, 5) is 4.66. The van der Waals surface area contributed by atoms with Crippen molar-refractivity contribution in [3.8, 4) is 22.8 Å². The van der Waals surface area contributed by atoms with Crippen LogP contribution >= 0.6 is 0 Å². The molecule has 3 N–H and O–H groups in total. The van der Waals surface area contributed by atoms with Crippen LogP contribution < -0.4 is 15.2 Å². The molecule has 3 aromatic rings. The molecule has 0 saturated heterocycles. The van der Waals surface area contributed by atoms with Crippen molar-refractivity contribution in [2.45, 2.75) is 13.3 Å². The molecule has 0 aliphatic heterocycles. The van der Waals surface area contributed by atoms with E-state index >= 15 is 0 Å². The Hall–Kier alpha value is -2.73. The van der Waals surface area contributed by atoms with E-state index in [0.717, 1.165) is 16.9 Å². The number of nitrogens with two attached hydrogens (primary N) is 1. The van der Waals surface area contributed by atoms with Crippen LogP contribution in [0.5, 0.6) is 11.5 Å². The molecule has 6 heteroatoms. The SMILES string of the molecule is CCOc1ccc(-c2cn3cccc(OCCCO)c3n2)cc1N. The minimum absolute atomic E-state index is 0.105. The van der Waals surface area contributed by atoms with Crippen LogP contribution in [0, 0.1) is 0 Å².